The highest BCUT2D eigenvalue weighted by Gasteiger charge is 2.14. The predicted octanol–water partition coefficient (Wildman–Crippen LogP) is 4.14. The van der Waals surface area contributed by atoms with Crippen LogP contribution >= 0.6 is 23.4 Å². The summed E-state index contributed by atoms with van der Waals surface area (Å²) in [6.45, 7) is 0. The van der Waals surface area contributed by atoms with E-state index in [1.165, 1.54) is 11.8 Å². The van der Waals surface area contributed by atoms with E-state index in [0.29, 0.717) is 33.7 Å². The number of methoxy groups -OCH3 is 2. The van der Waals surface area contributed by atoms with Crippen LogP contribution in [0.25, 0.3) is 0 Å². The van der Waals surface area contributed by atoms with Crippen LogP contribution in [0.3, 0.4) is 0 Å². The van der Waals surface area contributed by atoms with Gasteiger partial charge >= 0.3 is 0 Å². The lowest BCUT2D eigenvalue weighted by Gasteiger charge is -2.10. The van der Waals surface area contributed by atoms with Gasteiger partial charge in [0.15, 0.2) is 17.3 Å². The fourth-order valence-electron chi connectivity index (χ4n) is 2.55. The molecule has 0 aliphatic heterocycles. The second-order valence-electron chi connectivity index (χ2n) is 5.53. The standard InChI is InChI=1S/C19H19ClN4O2S/c1-25-15-10-9-14(17(20)18(15)26-2)12-21-24-16(22-23-19(24)27-3)11-13-7-5-4-6-8-13/h4-10,12H,11H2,1-3H3/b21-12-. The van der Waals surface area contributed by atoms with Crippen LogP contribution in [-0.2, 0) is 6.42 Å². The van der Waals surface area contributed by atoms with Crippen LogP contribution in [0, 0.1) is 0 Å². The van der Waals surface area contributed by atoms with Crippen LogP contribution in [-0.4, -0.2) is 41.6 Å². The molecule has 3 aromatic rings. The van der Waals surface area contributed by atoms with Crippen molar-refractivity contribution in [3.05, 3.63) is 64.4 Å². The summed E-state index contributed by atoms with van der Waals surface area (Å²) in [6.07, 6.45) is 4.24. The number of hydrogen-bond acceptors (Lipinski definition) is 6. The molecule has 0 saturated carbocycles. The monoisotopic (exact) mass is 402 g/mol. The highest BCUT2D eigenvalue weighted by Crippen LogP contribution is 2.36. The van der Waals surface area contributed by atoms with Crippen LogP contribution in [0.5, 0.6) is 11.5 Å². The lowest BCUT2D eigenvalue weighted by molar-refractivity contribution is 0.355. The Hall–Kier alpha value is -2.51. The summed E-state index contributed by atoms with van der Waals surface area (Å²) >= 11 is 7.91. The van der Waals surface area contributed by atoms with E-state index >= 15 is 0 Å². The van der Waals surface area contributed by atoms with Gasteiger partial charge in [-0.1, -0.05) is 53.7 Å². The summed E-state index contributed by atoms with van der Waals surface area (Å²) in [6, 6.07) is 13.7. The van der Waals surface area contributed by atoms with Crippen molar-refractivity contribution in [3.63, 3.8) is 0 Å². The molecule has 6 nitrogen and oxygen atoms in total. The van der Waals surface area contributed by atoms with E-state index in [2.05, 4.69) is 15.3 Å². The van der Waals surface area contributed by atoms with Gasteiger partial charge in [0.25, 0.3) is 0 Å². The highest BCUT2D eigenvalue weighted by molar-refractivity contribution is 7.98. The van der Waals surface area contributed by atoms with E-state index < -0.39 is 0 Å². The Kier molecular flexibility index (Phi) is 6.36. The molecular weight excluding hydrogens is 384 g/mol. The number of benzene rings is 2. The first-order valence-electron chi connectivity index (χ1n) is 8.15. The Balaban J connectivity index is 1.94. The number of rotatable bonds is 7. The minimum atomic E-state index is 0.434. The molecule has 0 unspecified atom stereocenters. The van der Waals surface area contributed by atoms with E-state index in [4.69, 9.17) is 21.1 Å². The summed E-state index contributed by atoms with van der Waals surface area (Å²) in [5.74, 6) is 1.79. The summed E-state index contributed by atoms with van der Waals surface area (Å²) in [7, 11) is 3.12. The van der Waals surface area contributed by atoms with Crippen molar-refractivity contribution < 1.29 is 9.47 Å². The van der Waals surface area contributed by atoms with Crippen LogP contribution in [0.15, 0.2) is 52.7 Å². The maximum absolute atomic E-state index is 6.43. The molecule has 0 aliphatic rings. The average molecular weight is 403 g/mol. The van der Waals surface area contributed by atoms with Gasteiger partial charge in [0.05, 0.1) is 25.5 Å². The minimum absolute atomic E-state index is 0.434. The molecule has 0 amide bonds. The summed E-state index contributed by atoms with van der Waals surface area (Å²) in [5.41, 5.74) is 1.85. The largest absolute Gasteiger partial charge is 0.493 e. The Bertz CT molecular complexity index is 944. The molecule has 0 bridgehead atoms. The van der Waals surface area contributed by atoms with E-state index in [9.17, 15) is 0 Å². The number of aromatic nitrogens is 3. The zero-order valence-electron chi connectivity index (χ0n) is 15.2. The van der Waals surface area contributed by atoms with Crippen molar-refractivity contribution in [2.24, 2.45) is 5.10 Å². The first kappa shape index (κ1) is 19.3. The predicted molar refractivity (Wildman–Crippen MR) is 109 cm³/mol. The van der Waals surface area contributed by atoms with E-state index in [1.54, 1.807) is 31.2 Å². The van der Waals surface area contributed by atoms with Crippen molar-refractivity contribution in [1.29, 1.82) is 0 Å². The number of halogens is 1. The highest BCUT2D eigenvalue weighted by atomic mass is 35.5. The van der Waals surface area contributed by atoms with Crippen molar-refractivity contribution >= 4 is 29.6 Å². The second-order valence-corrected chi connectivity index (χ2v) is 6.68. The third-order valence-corrected chi connectivity index (χ3v) is 4.90. The summed E-state index contributed by atoms with van der Waals surface area (Å²) in [4.78, 5) is 0. The van der Waals surface area contributed by atoms with Gasteiger partial charge in [-0.05, 0) is 24.0 Å². The number of ether oxygens (including phenoxy) is 2. The topological polar surface area (TPSA) is 61.5 Å². The quantitative estimate of drug-likeness (QED) is 0.439. The summed E-state index contributed by atoms with van der Waals surface area (Å²) in [5, 5.41) is 14.2. The van der Waals surface area contributed by atoms with Gasteiger partial charge in [-0.3, -0.25) is 0 Å². The summed E-state index contributed by atoms with van der Waals surface area (Å²) < 4.78 is 12.3. The van der Waals surface area contributed by atoms with Crippen molar-refractivity contribution in [2.75, 3.05) is 20.5 Å². The van der Waals surface area contributed by atoms with Crippen LogP contribution in [0.1, 0.15) is 17.0 Å². The Labute approximate surface area is 167 Å². The van der Waals surface area contributed by atoms with Crippen molar-refractivity contribution in [2.45, 2.75) is 11.6 Å². The van der Waals surface area contributed by atoms with Gasteiger partial charge < -0.3 is 9.47 Å². The lowest BCUT2D eigenvalue weighted by Crippen LogP contribution is -2.02. The van der Waals surface area contributed by atoms with Crippen LogP contribution < -0.4 is 9.47 Å². The molecule has 1 heterocycles. The average Bonchev–Trinajstić information content (AvgIpc) is 3.09. The van der Waals surface area contributed by atoms with E-state index in [-0.39, 0.29) is 0 Å². The molecular formula is C19H19ClN4O2S. The number of thioether (sulfide) groups is 1. The van der Waals surface area contributed by atoms with Crippen molar-refractivity contribution in [1.82, 2.24) is 14.9 Å². The van der Waals surface area contributed by atoms with Gasteiger partial charge in [0.1, 0.15) is 0 Å². The number of nitrogens with zero attached hydrogens (tertiary/aromatic N) is 4. The smallest absolute Gasteiger partial charge is 0.211 e. The lowest BCUT2D eigenvalue weighted by atomic mass is 10.1. The minimum Gasteiger partial charge on any atom is -0.493 e. The SMILES string of the molecule is COc1ccc(/C=N\n2c(Cc3ccccc3)nnc2SC)c(Cl)c1OC. The Morgan fingerprint density at radius 1 is 1.11 bits per heavy atom. The molecule has 0 N–H and O–H groups in total. The zero-order valence-corrected chi connectivity index (χ0v) is 16.8. The molecule has 0 saturated heterocycles. The molecule has 2 aromatic carbocycles. The molecule has 0 aliphatic carbocycles. The van der Waals surface area contributed by atoms with Crippen molar-refractivity contribution in [3.8, 4) is 11.5 Å². The molecule has 0 spiro atoms. The van der Waals surface area contributed by atoms with Gasteiger partial charge in [0.2, 0.25) is 5.16 Å². The fourth-order valence-corrected chi connectivity index (χ4v) is 3.28. The van der Waals surface area contributed by atoms with E-state index in [1.807, 2.05) is 42.7 Å². The van der Waals surface area contributed by atoms with Gasteiger partial charge in [0, 0.05) is 12.0 Å². The first-order chi connectivity index (χ1) is 13.2. The molecule has 0 atom stereocenters. The molecule has 140 valence electrons. The first-order valence-corrected chi connectivity index (χ1v) is 9.75. The fraction of sp³-hybridized carbons (Fsp3) is 0.211. The zero-order chi connectivity index (χ0) is 19.2. The third kappa shape index (κ3) is 4.26. The molecule has 1 aromatic heterocycles. The van der Waals surface area contributed by atoms with Crippen LogP contribution in [0.4, 0.5) is 0 Å². The van der Waals surface area contributed by atoms with E-state index in [0.717, 1.165) is 11.4 Å². The molecule has 3 rings (SSSR count). The van der Waals surface area contributed by atoms with Crippen LogP contribution in [0.2, 0.25) is 5.02 Å². The second kappa shape index (κ2) is 8.92. The van der Waals surface area contributed by atoms with Gasteiger partial charge in [-0.2, -0.15) is 9.78 Å². The maximum Gasteiger partial charge on any atom is 0.211 e. The maximum atomic E-state index is 6.43. The van der Waals surface area contributed by atoms with Gasteiger partial charge in [-0.15, -0.1) is 10.2 Å². The number of hydrogen-bond donors (Lipinski definition) is 0. The Morgan fingerprint density at radius 2 is 1.89 bits per heavy atom. The Morgan fingerprint density at radius 3 is 2.56 bits per heavy atom. The molecule has 8 heteroatoms. The van der Waals surface area contributed by atoms with Gasteiger partial charge in [-0.25, -0.2) is 0 Å². The molecule has 27 heavy (non-hydrogen) atoms. The molecule has 0 fully saturated rings. The normalized spacial score (nSPS) is 11.1. The third-order valence-electron chi connectivity index (χ3n) is 3.89. The molecule has 0 radical (unpaired) electrons.